The van der Waals surface area contributed by atoms with Gasteiger partial charge in [0.15, 0.2) is 0 Å². The van der Waals surface area contributed by atoms with Gasteiger partial charge < -0.3 is 5.32 Å². The number of imide groups is 1. The molecule has 1 fully saturated rings. The Hall–Kier alpha value is -2.69. The lowest BCUT2D eigenvalue weighted by Gasteiger charge is -2.16. The van der Waals surface area contributed by atoms with E-state index in [1.54, 1.807) is 24.3 Å². The van der Waals surface area contributed by atoms with Gasteiger partial charge >= 0.3 is 0 Å². The Balaban J connectivity index is 1.79. The van der Waals surface area contributed by atoms with Crippen molar-refractivity contribution in [1.82, 2.24) is 0 Å². The fraction of sp³-hybridized carbons (Fsp3) is 0.176. The van der Waals surface area contributed by atoms with E-state index in [1.807, 2.05) is 19.1 Å². The second-order valence-electron chi connectivity index (χ2n) is 5.31. The number of hydrogen-bond donors (Lipinski definition) is 1. The minimum absolute atomic E-state index is 0.0874. The first-order valence-electron chi connectivity index (χ1n) is 7.00. The van der Waals surface area contributed by atoms with Crippen molar-refractivity contribution in [1.29, 1.82) is 0 Å². The van der Waals surface area contributed by atoms with Crippen LogP contribution in [0.2, 0.25) is 0 Å². The summed E-state index contributed by atoms with van der Waals surface area (Å²) < 4.78 is 12.9. The molecular formula is C17H15FN2O2. The summed E-state index contributed by atoms with van der Waals surface area (Å²) in [6, 6.07) is 12.3. The summed E-state index contributed by atoms with van der Waals surface area (Å²) in [6.45, 7) is 1.94. The molecule has 22 heavy (non-hydrogen) atoms. The van der Waals surface area contributed by atoms with E-state index in [-0.39, 0.29) is 24.1 Å². The van der Waals surface area contributed by atoms with Crippen molar-refractivity contribution in [3.05, 3.63) is 59.9 Å². The molecule has 1 atom stereocenters. The van der Waals surface area contributed by atoms with Crippen molar-refractivity contribution in [2.24, 2.45) is 0 Å². The van der Waals surface area contributed by atoms with Crippen LogP contribution in [0.3, 0.4) is 0 Å². The number of rotatable bonds is 3. The zero-order chi connectivity index (χ0) is 15.7. The summed E-state index contributed by atoms with van der Waals surface area (Å²) in [6.07, 6.45) is 0.0874. The van der Waals surface area contributed by atoms with Crippen LogP contribution in [0.4, 0.5) is 15.8 Å². The molecule has 112 valence electrons. The zero-order valence-corrected chi connectivity index (χ0v) is 12.0. The molecule has 0 unspecified atom stereocenters. The average molecular weight is 298 g/mol. The van der Waals surface area contributed by atoms with Gasteiger partial charge in [0.2, 0.25) is 5.91 Å². The average Bonchev–Trinajstić information content (AvgIpc) is 2.77. The van der Waals surface area contributed by atoms with Gasteiger partial charge in [0, 0.05) is 5.69 Å². The van der Waals surface area contributed by atoms with E-state index >= 15 is 0 Å². The molecule has 2 aromatic carbocycles. The van der Waals surface area contributed by atoms with Crippen LogP contribution >= 0.6 is 0 Å². The number of carbonyl (C=O) groups is 2. The number of nitrogens with one attached hydrogen (secondary N) is 1. The SMILES string of the molecule is Cc1ccc(N2C(=O)C[C@H](Nc3ccc(F)cc3)C2=O)cc1. The van der Waals surface area contributed by atoms with E-state index < -0.39 is 6.04 Å². The molecule has 0 bridgehead atoms. The van der Waals surface area contributed by atoms with Crippen LogP contribution in [0.15, 0.2) is 48.5 Å². The minimum Gasteiger partial charge on any atom is -0.373 e. The number of benzene rings is 2. The molecule has 2 amide bonds. The molecule has 0 saturated carbocycles. The fourth-order valence-electron chi connectivity index (χ4n) is 2.46. The van der Waals surface area contributed by atoms with E-state index in [4.69, 9.17) is 0 Å². The Kier molecular flexibility index (Phi) is 3.63. The second kappa shape index (κ2) is 5.60. The number of hydrogen-bond acceptors (Lipinski definition) is 3. The Bertz CT molecular complexity index is 710. The van der Waals surface area contributed by atoms with Gasteiger partial charge in [-0.05, 0) is 43.3 Å². The van der Waals surface area contributed by atoms with Gasteiger partial charge in [-0.1, -0.05) is 17.7 Å². The molecule has 2 aromatic rings. The number of nitrogens with zero attached hydrogens (tertiary/aromatic N) is 1. The molecule has 4 nitrogen and oxygen atoms in total. The van der Waals surface area contributed by atoms with Gasteiger partial charge in [-0.3, -0.25) is 9.59 Å². The first-order chi connectivity index (χ1) is 10.5. The maximum Gasteiger partial charge on any atom is 0.256 e. The van der Waals surface area contributed by atoms with Crippen LogP contribution in [0, 0.1) is 12.7 Å². The maximum absolute atomic E-state index is 12.9. The molecule has 1 saturated heterocycles. The van der Waals surface area contributed by atoms with Crippen molar-refractivity contribution >= 4 is 23.2 Å². The fourth-order valence-corrected chi connectivity index (χ4v) is 2.46. The highest BCUT2D eigenvalue weighted by molar-refractivity contribution is 6.23. The Morgan fingerprint density at radius 1 is 1.05 bits per heavy atom. The molecule has 1 N–H and O–H groups in total. The molecule has 1 heterocycles. The quantitative estimate of drug-likeness (QED) is 0.886. The molecule has 0 radical (unpaired) electrons. The van der Waals surface area contributed by atoms with Crippen LogP contribution in [0.25, 0.3) is 0 Å². The van der Waals surface area contributed by atoms with E-state index in [9.17, 15) is 14.0 Å². The molecular weight excluding hydrogens is 283 g/mol. The number of aryl methyl sites for hydroxylation is 1. The smallest absolute Gasteiger partial charge is 0.256 e. The monoisotopic (exact) mass is 298 g/mol. The molecule has 1 aliphatic heterocycles. The van der Waals surface area contributed by atoms with Gasteiger partial charge in [-0.2, -0.15) is 0 Å². The van der Waals surface area contributed by atoms with Gasteiger partial charge in [-0.15, -0.1) is 0 Å². The molecule has 1 aliphatic rings. The van der Waals surface area contributed by atoms with Crippen LogP contribution in [0.5, 0.6) is 0 Å². The number of amides is 2. The maximum atomic E-state index is 12.9. The largest absolute Gasteiger partial charge is 0.373 e. The van der Waals surface area contributed by atoms with Crippen molar-refractivity contribution in [3.8, 4) is 0 Å². The van der Waals surface area contributed by atoms with E-state index in [0.29, 0.717) is 11.4 Å². The van der Waals surface area contributed by atoms with Crippen LogP contribution < -0.4 is 10.2 Å². The number of anilines is 2. The first kappa shape index (κ1) is 14.3. The van der Waals surface area contributed by atoms with Gasteiger partial charge in [0.05, 0.1) is 12.1 Å². The van der Waals surface area contributed by atoms with Crippen LogP contribution in [-0.4, -0.2) is 17.9 Å². The summed E-state index contributed by atoms with van der Waals surface area (Å²) >= 11 is 0. The molecule has 5 heteroatoms. The highest BCUT2D eigenvalue weighted by Gasteiger charge is 2.39. The van der Waals surface area contributed by atoms with Gasteiger partial charge in [0.1, 0.15) is 11.9 Å². The predicted octanol–water partition coefficient (Wildman–Crippen LogP) is 2.88. The summed E-state index contributed by atoms with van der Waals surface area (Å²) in [5.41, 5.74) is 2.24. The summed E-state index contributed by atoms with van der Waals surface area (Å²) in [5.74, 6) is -0.882. The molecule has 0 aromatic heterocycles. The van der Waals surface area contributed by atoms with E-state index in [2.05, 4.69) is 5.32 Å². The Morgan fingerprint density at radius 3 is 2.32 bits per heavy atom. The molecule has 0 aliphatic carbocycles. The van der Waals surface area contributed by atoms with E-state index in [1.165, 1.54) is 17.0 Å². The third kappa shape index (κ3) is 2.70. The lowest BCUT2D eigenvalue weighted by molar-refractivity contribution is -0.121. The molecule has 0 spiro atoms. The second-order valence-corrected chi connectivity index (χ2v) is 5.31. The van der Waals surface area contributed by atoms with Crippen molar-refractivity contribution in [2.75, 3.05) is 10.2 Å². The minimum atomic E-state index is -0.626. The number of halogens is 1. The summed E-state index contributed by atoms with van der Waals surface area (Å²) in [4.78, 5) is 25.8. The van der Waals surface area contributed by atoms with Crippen LogP contribution in [0.1, 0.15) is 12.0 Å². The topological polar surface area (TPSA) is 49.4 Å². The van der Waals surface area contributed by atoms with E-state index in [0.717, 1.165) is 5.56 Å². The molecule has 3 rings (SSSR count). The summed E-state index contributed by atoms with van der Waals surface area (Å²) in [5, 5.41) is 2.98. The summed E-state index contributed by atoms with van der Waals surface area (Å²) in [7, 11) is 0. The van der Waals surface area contributed by atoms with Crippen molar-refractivity contribution in [2.45, 2.75) is 19.4 Å². The highest BCUT2D eigenvalue weighted by Crippen LogP contribution is 2.25. The third-order valence-electron chi connectivity index (χ3n) is 3.62. The Morgan fingerprint density at radius 2 is 1.68 bits per heavy atom. The lowest BCUT2D eigenvalue weighted by Crippen LogP contribution is -2.34. The van der Waals surface area contributed by atoms with Crippen molar-refractivity contribution in [3.63, 3.8) is 0 Å². The van der Waals surface area contributed by atoms with Gasteiger partial charge in [0.25, 0.3) is 5.91 Å². The third-order valence-corrected chi connectivity index (χ3v) is 3.62. The van der Waals surface area contributed by atoms with Crippen LogP contribution in [-0.2, 0) is 9.59 Å². The lowest BCUT2D eigenvalue weighted by atomic mass is 10.2. The normalized spacial score (nSPS) is 17.9. The van der Waals surface area contributed by atoms with Crippen molar-refractivity contribution < 1.29 is 14.0 Å². The Labute approximate surface area is 127 Å². The predicted molar refractivity (Wildman–Crippen MR) is 82.1 cm³/mol. The van der Waals surface area contributed by atoms with Gasteiger partial charge in [-0.25, -0.2) is 9.29 Å². The number of carbonyl (C=O) groups excluding carboxylic acids is 2. The standard InChI is InChI=1S/C17H15FN2O2/c1-11-2-8-14(9-3-11)20-16(21)10-15(17(20)22)19-13-6-4-12(18)5-7-13/h2-9,15,19H,10H2,1H3/t15-/m0/s1. The zero-order valence-electron chi connectivity index (χ0n) is 12.0. The first-order valence-corrected chi connectivity index (χ1v) is 7.00. The highest BCUT2D eigenvalue weighted by atomic mass is 19.1.